The van der Waals surface area contributed by atoms with Gasteiger partial charge < -0.3 is 43.1 Å². The number of benzene rings is 2. The lowest BCUT2D eigenvalue weighted by Crippen LogP contribution is -2.74. The average molecular weight is 551 g/mol. The van der Waals surface area contributed by atoms with Crippen molar-refractivity contribution in [1.82, 2.24) is 0 Å². The first-order valence-corrected chi connectivity index (χ1v) is 14.6. The summed E-state index contributed by atoms with van der Waals surface area (Å²) in [6.07, 6.45) is -6.40. The molecule has 2 aromatic carbocycles. The van der Waals surface area contributed by atoms with Gasteiger partial charge in [0.25, 0.3) is 8.32 Å². The highest BCUT2D eigenvalue weighted by Crippen LogP contribution is 2.41. The van der Waals surface area contributed by atoms with Crippen molar-refractivity contribution < 1.29 is 43.1 Å². The highest BCUT2D eigenvalue weighted by atomic mass is 28.4. The summed E-state index contributed by atoms with van der Waals surface area (Å²) in [6.45, 7) is 6.15. The Morgan fingerprint density at radius 1 is 0.605 bits per heavy atom. The number of rotatable bonds is 13. The molecular formula is C28H42O9Si. The first kappa shape index (κ1) is 30.8. The van der Waals surface area contributed by atoms with Crippen LogP contribution in [0.3, 0.4) is 0 Å². The second-order valence-electron chi connectivity index (χ2n) is 10.3. The SMILES string of the molecule is COCO[C@H]1[C@@H](O[Si](c2ccccc2)(c2ccccc2)C(C)(C)C)[C@H](OCOC)[C@@H](O)[C@H](O)[C@H]1OCOC. The molecule has 2 aromatic rings. The van der Waals surface area contributed by atoms with Crippen LogP contribution < -0.4 is 10.4 Å². The Morgan fingerprint density at radius 3 is 1.34 bits per heavy atom. The van der Waals surface area contributed by atoms with Gasteiger partial charge in [0.2, 0.25) is 0 Å². The zero-order chi connectivity index (χ0) is 27.8. The molecule has 1 aliphatic carbocycles. The number of aliphatic hydroxyl groups is 2. The lowest BCUT2D eigenvalue weighted by Gasteiger charge is -2.52. The molecule has 6 atom stereocenters. The number of hydrogen-bond donors (Lipinski definition) is 2. The minimum Gasteiger partial charge on any atom is -0.399 e. The van der Waals surface area contributed by atoms with Crippen LogP contribution in [0.1, 0.15) is 20.8 Å². The minimum atomic E-state index is -3.13. The van der Waals surface area contributed by atoms with Gasteiger partial charge in [-0.25, -0.2) is 0 Å². The van der Waals surface area contributed by atoms with Crippen LogP contribution in [0.25, 0.3) is 0 Å². The van der Waals surface area contributed by atoms with Crippen LogP contribution in [0.4, 0.5) is 0 Å². The molecule has 10 heteroatoms. The van der Waals surface area contributed by atoms with Gasteiger partial charge in [-0.15, -0.1) is 0 Å². The van der Waals surface area contributed by atoms with Crippen molar-refractivity contribution in [2.24, 2.45) is 0 Å². The van der Waals surface area contributed by atoms with E-state index in [-0.39, 0.29) is 25.4 Å². The molecule has 0 spiro atoms. The van der Waals surface area contributed by atoms with Gasteiger partial charge in [-0.2, -0.15) is 0 Å². The van der Waals surface area contributed by atoms with Gasteiger partial charge in [0, 0.05) is 21.3 Å². The average Bonchev–Trinajstić information content (AvgIpc) is 2.92. The topological polar surface area (TPSA) is 105 Å². The summed E-state index contributed by atoms with van der Waals surface area (Å²) in [5.41, 5.74) is 0. The van der Waals surface area contributed by atoms with E-state index in [1.54, 1.807) is 0 Å². The molecule has 0 heterocycles. The number of hydrogen-bond acceptors (Lipinski definition) is 9. The number of aliphatic hydroxyl groups excluding tert-OH is 2. The van der Waals surface area contributed by atoms with E-state index in [1.807, 2.05) is 36.4 Å². The van der Waals surface area contributed by atoms with Crippen molar-refractivity contribution in [2.45, 2.75) is 62.4 Å². The summed E-state index contributed by atoms with van der Waals surface area (Å²) in [6, 6.07) is 20.2. The molecule has 0 unspecified atom stereocenters. The third kappa shape index (κ3) is 6.53. The summed E-state index contributed by atoms with van der Waals surface area (Å²) in [7, 11) is 1.35. The highest BCUT2D eigenvalue weighted by molar-refractivity contribution is 6.99. The smallest absolute Gasteiger partial charge is 0.261 e. The van der Waals surface area contributed by atoms with Crippen LogP contribution in [0.15, 0.2) is 60.7 Å². The molecule has 1 saturated carbocycles. The maximum Gasteiger partial charge on any atom is 0.261 e. The Morgan fingerprint density at radius 2 is 0.974 bits per heavy atom. The summed E-state index contributed by atoms with van der Waals surface area (Å²) in [5.74, 6) is 0. The van der Waals surface area contributed by atoms with E-state index < -0.39 is 44.9 Å². The van der Waals surface area contributed by atoms with E-state index in [9.17, 15) is 10.2 Å². The lowest BCUT2D eigenvalue weighted by atomic mass is 9.84. The summed E-state index contributed by atoms with van der Waals surface area (Å²) >= 11 is 0. The molecule has 0 aliphatic heterocycles. The Balaban J connectivity index is 2.23. The van der Waals surface area contributed by atoms with Crippen LogP contribution in [0, 0.1) is 0 Å². The fraction of sp³-hybridized carbons (Fsp3) is 0.571. The largest absolute Gasteiger partial charge is 0.399 e. The molecule has 2 N–H and O–H groups in total. The molecule has 0 radical (unpaired) electrons. The second-order valence-corrected chi connectivity index (χ2v) is 14.6. The van der Waals surface area contributed by atoms with E-state index in [2.05, 4.69) is 45.0 Å². The van der Waals surface area contributed by atoms with E-state index in [0.29, 0.717) is 0 Å². The van der Waals surface area contributed by atoms with Gasteiger partial charge in [0.05, 0.1) is 0 Å². The predicted molar refractivity (Wildman–Crippen MR) is 145 cm³/mol. The Bertz CT molecular complexity index is 901. The zero-order valence-corrected chi connectivity index (χ0v) is 24.1. The molecule has 0 amide bonds. The summed E-state index contributed by atoms with van der Waals surface area (Å²) < 4.78 is 40.8. The molecule has 212 valence electrons. The van der Waals surface area contributed by atoms with E-state index >= 15 is 0 Å². The standard InChI is InChI=1S/C28H42O9Si/c1-28(2,3)38(20-13-9-7-10-14-20,21-15-11-8-12-16-21)37-27-25(35-18-32-5)23(30)22(29)24(34-17-31-4)26(27)36-19-33-6/h7-16,22-27,29-30H,17-19H2,1-6H3/t22-,23-,24+,25+,26+,27-/m0/s1. The van der Waals surface area contributed by atoms with Gasteiger partial charge in [-0.05, 0) is 15.4 Å². The maximum absolute atomic E-state index is 11.3. The molecule has 0 aromatic heterocycles. The Kier molecular flexibility index (Phi) is 11.4. The summed E-state index contributed by atoms with van der Waals surface area (Å²) in [5, 5.41) is 24.1. The van der Waals surface area contributed by atoms with Crippen molar-refractivity contribution in [3.63, 3.8) is 0 Å². The minimum absolute atomic E-state index is 0.0854. The molecule has 9 nitrogen and oxygen atoms in total. The van der Waals surface area contributed by atoms with Gasteiger partial charge >= 0.3 is 0 Å². The Hall–Kier alpha value is -1.70. The van der Waals surface area contributed by atoms with Crippen LogP contribution in [-0.4, -0.2) is 96.9 Å². The van der Waals surface area contributed by atoms with E-state index in [0.717, 1.165) is 10.4 Å². The van der Waals surface area contributed by atoms with Crippen molar-refractivity contribution in [3.05, 3.63) is 60.7 Å². The van der Waals surface area contributed by atoms with Gasteiger partial charge in [0.15, 0.2) is 0 Å². The second kappa shape index (κ2) is 14.1. The van der Waals surface area contributed by atoms with Crippen molar-refractivity contribution >= 4 is 18.7 Å². The molecule has 0 saturated heterocycles. The highest BCUT2D eigenvalue weighted by Gasteiger charge is 2.59. The maximum atomic E-state index is 11.3. The summed E-state index contributed by atoms with van der Waals surface area (Å²) in [4.78, 5) is 0. The van der Waals surface area contributed by atoms with Crippen molar-refractivity contribution in [2.75, 3.05) is 41.7 Å². The first-order chi connectivity index (χ1) is 18.2. The molecule has 38 heavy (non-hydrogen) atoms. The fourth-order valence-corrected chi connectivity index (χ4v) is 9.89. The van der Waals surface area contributed by atoms with Crippen molar-refractivity contribution in [3.8, 4) is 0 Å². The zero-order valence-electron chi connectivity index (χ0n) is 23.1. The van der Waals surface area contributed by atoms with E-state index in [4.69, 9.17) is 32.8 Å². The van der Waals surface area contributed by atoms with Crippen LogP contribution in [0.5, 0.6) is 0 Å². The lowest BCUT2D eigenvalue weighted by molar-refractivity contribution is -0.282. The van der Waals surface area contributed by atoms with Gasteiger partial charge in [0.1, 0.15) is 57.0 Å². The third-order valence-electron chi connectivity index (χ3n) is 6.86. The van der Waals surface area contributed by atoms with Gasteiger partial charge in [-0.1, -0.05) is 81.4 Å². The van der Waals surface area contributed by atoms with Gasteiger partial charge in [-0.3, -0.25) is 0 Å². The fourth-order valence-electron chi connectivity index (χ4n) is 5.20. The molecule has 1 fully saturated rings. The van der Waals surface area contributed by atoms with E-state index in [1.165, 1.54) is 21.3 Å². The monoisotopic (exact) mass is 550 g/mol. The van der Waals surface area contributed by atoms with Crippen LogP contribution in [0.2, 0.25) is 5.04 Å². The van der Waals surface area contributed by atoms with Crippen LogP contribution in [-0.2, 0) is 32.8 Å². The molecule has 0 bridgehead atoms. The number of methoxy groups -OCH3 is 3. The van der Waals surface area contributed by atoms with Crippen molar-refractivity contribution in [1.29, 1.82) is 0 Å². The predicted octanol–water partition coefficient (Wildman–Crippen LogP) is 1.63. The normalized spacial score (nSPS) is 26.4. The Labute approximate surface area is 226 Å². The quantitative estimate of drug-likeness (QED) is 0.284. The van der Waals surface area contributed by atoms with Crippen LogP contribution >= 0.6 is 0 Å². The molecule has 1 aliphatic rings. The molecule has 3 rings (SSSR count). The third-order valence-corrected chi connectivity index (χ3v) is 11.9. The molecular weight excluding hydrogens is 508 g/mol. The number of ether oxygens (including phenoxy) is 6. The first-order valence-electron chi connectivity index (χ1n) is 12.7.